The number of aromatic nitrogens is 3. The number of nitrogens with zero attached hydrogens (tertiary/aromatic N) is 3. The summed E-state index contributed by atoms with van der Waals surface area (Å²) < 4.78 is 21.0. The number of halogens is 1. The van der Waals surface area contributed by atoms with Crippen LogP contribution in [0.5, 0.6) is 0 Å². The molecule has 0 atom stereocenters. The van der Waals surface area contributed by atoms with Gasteiger partial charge in [0.2, 0.25) is 0 Å². The fraction of sp³-hybridized carbons (Fsp3) is 0.222. The minimum atomic E-state index is -1.04. The van der Waals surface area contributed by atoms with Gasteiger partial charge in [-0.05, 0) is 33.8 Å². The Morgan fingerprint density at radius 2 is 1.24 bits per heavy atom. The van der Waals surface area contributed by atoms with Crippen LogP contribution in [-0.4, -0.2) is 38.7 Å². The van der Waals surface area contributed by atoms with E-state index in [1.54, 1.807) is 26.0 Å². The molecule has 1 aromatic heterocycles. The Kier molecular flexibility index (Phi) is 6.59. The largest absolute Gasteiger partial charge is 0.427 e. The van der Waals surface area contributed by atoms with Gasteiger partial charge in [-0.1, -0.05) is 78.3 Å². The molecule has 3 aromatic carbocycles. The van der Waals surface area contributed by atoms with Crippen LogP contribution in [0.4, 0.5) is 4.39 Å². The monoisotopic (exact) mass is 455 g/mol. The summed E-state index contributed by atoms with van der Waals surface area (Å²) in [6.45, 7) is 7.04. The molecule has 1 N–H and O–H groups in total. The fourth-order valence-corrected chi connectivity index (χ4v) is 3.20. The van der Waals surface area contributed by atoms with E-state index in [2.05, 4.69) is 15.0 Å². The van der Waals surface area contributed by atoms with Crippen molar-refractivity contribution in [2.45, 2.75) is 38.9 Å². The molecule has 0 radical (unpaired) electrons. The highest BCUT2D eigenvalue weighted by atomic mass is 19.1. The fourth-order valence-electron chi connectivity index (χ4n) is 3.20. The van der Waals surface area contributed by atoms with Crippen molar-refractivity contribution >= 4 is 12.9 Å². The molecule has 0 fully saturated rings. The lowest BCUT2D eigenvalue weighted by Gasteiger charge is -2.37. The lowest BCUT2D eigenvalue weighted by Crippen LogP contribution is -2.49. The number of hydrogen-bond donors (Lipinski definition) is 1. The first kappa shape index (κ1) is 23.7. The van der Waals surface area contributed by atoms with E-state index >= 15 is 4.39 Å². The first-order valence-corrected chi connectivity index (χ1v) is 11.2. The van der Waals surface area contributed by atoms with Crippen LogP contribution >= 0.6 is 0 Å². The zero-order chi connectivity index (χ0) is 24.3. The molecule has 34 heavy (non-hydrogen) atoms. The Balaban J connectivity index is 1.77. The highest BCUT2D eigenvalue weighted by molar-refractivity contribution is 6.47. The zero-order valence-corrected chi connectivity index (χ0v) is 19.8. The molecule has 0 amide bonds. The number of benzene rings is 3. The molecular formula is C27H27BFN3O2. The number of aliphatic hydroxyl groups is 1. The summed E-state index contributed by atoms with van der Waals surface area (Å²) in [7, 11) is 0.201. The molecular weight excluding hydrogens is 428 g/mol. The van der Waals surface area contributed by atoms with Gasteiger partial charge in [-0.15, -0.1) is 0 Å². The lowest BCUT2D eigenvalue weighted by atomic mass is 9.82. The predicted octanol–water partition coefficient (Wildman–Crippen LogP) is 4.55. The second-order valence-electron chi connectivity index (χ2n) is 9.21. The Bertz CT molecular complexity index is 1220. The van der Waals surface area contributed by atoms with Crippen molar-refractivity contribution < 1.29 is 14.2 Å². The third-order valence-corrected chi connectivity index (χ3v) is 6.04. The van der Waals surface area contributed by atoms with E-state index in [9.17, 15) is 5.11 Å². The molecule has 0 aliphatic rings. The first-order valence-electron chi connectivity index (χ1n) is 11.2. The van der Waals surface area contributed by atoms with E-state index in [-0.39, 0.29) is 18.9 Å². The average molecular weight is 455 g/mol. The summed E-state index contributed by atoms with van der Waals surface area (Å²) >= 11 is 0. The van der Waals surface area contributed by atoms with Gasteiger partial charge in [0.05, 0.1) is 16.8 Å². The van der Waals surface area contributed by atoms with Crippen molar-refractivity contribution in [1.29, 1.82) is 0 Å². The molecule has 0 saturated heterocycles. The van der Waals surface area contributed by atoms with Gasteiger partial charge in [0.1, 0.15) is 5.82 Å². The maximum atomic E-state index is 15.0. The van der Waals surface area contributed by atoms with E-state index in [0.29, 0.717) is 11.6 Å². The Morgan fingerprint density at radius 1 is 0.735 bits per heavy atom. The third kappa shape index (κ3) is 5.21. The quantitative estimate of drug-likeness (QED) is 0.414. The van der Waals surface area contributed by atoms with E-state index in [4.69, 9.17) is 4.65 Å². The van der Waals surface area contributed by atoms with Gasteiger partial charge in [0, 0.05) is 11.1 Å². The smallest absolute Gasteiger partial charge is 0.309 e. The van der Waals surface area contributed by atoms with Crippen LogP contribution in [0, 0.1) is 5.82 Å². The molecule has 4 aromatic rings. The lowest BCUT2D eigenvalue weighted by molar-refractivity contribution is -0.0893. The first-order chi connectivity index (χ1) is 16.1. The summed E-state index contributed by atoms with van der Waals surface area (Å²) in [6, 6.07) is 23.8. The Hall–Kier alpha value is -3.42. The highest BCUT2D eigenvalue weighted by Gasteiger charge is 2.35. The minimum absolute atomic E-state index is 0.201. The van der Waals surface area contributed by atoms with Gasteiger partial charge in [0.15, 0.2) is 17.5 Å². The summed E-state index contributed by atoms with van der Waals surface area (Å²) in [6.07, 6.45) is 0. The Morgan fingerprint density at radius 3 is 1.74 bits per heavy atom. The summed E-state index contributed by atoms with van der Waals surface area (Å²) in [4.78, 5) is 13.9. The summed E-state index contributed by atoms with van der Waals surface area (Å²) in [5.74, 6) is 0.742. The summed E-state index contributed by atoms with van der Waals surface area (Å²) in [5, 5.41) is 10.4. The van der Waals surface area contributed by atoms with Crippen LogP contribution in [-0.2, 0) is 4.65 Å². The summed E-state index contributed by atoms with van der Waals surface area (Å²) in [5.41, 5.74) is 0.801. The van der Waals surface area contributed by atoms with Gasteiger partial charge in [-0.2, -0.15) is 0 Å². The van der Waals surface area contributed by atoms with E-state index in [0.717, 1.165) is 16.6 Å². The van der Waals surface area contributed by atoms with Crippen molar-refractivity contribution in [3.63, 3.8) is 0 Å². The maximum Gasteiger partial charge on any atom is 0.309 e. The second kappa shape index (κ2) is 9.45. The van der Waals surface area contributed by atoms with Crippen LogP contribution in [0.25, 0.3) is 34.2 Å². The maximum absolute atomic E-state index is 15.0. The van der Waals surface area contributed by atoms with Crippen LogP contribution in [0.2, 0.25) is 0 Å². The minimum Gasteiger partial charge on any atom is -0.427 e. The molecule has 1 heterocycles. The normalized spacial score (nSPS) is 11.9. The van der Waals surface area contributed by atoms with Crippen LogP contribution in [0.3, 0.4) is 0 Å². The van der Waals surface area contributed by atoms with Crippen molar-refractivity contribution in [1.82, 2.24) is 15.0 Å². The zero-order valence-electron chi connectivity index (χ0n) is 19.8. The Labute approximate surface area is 200 Å². The van der Waals surface area contributed by atoms with Crippen molar-refractivity contribution in [3.05, 3.63) is 84.7 Å². The van der Waals surface area contributed by atoms with Gasteiger partial charge in [0.25, 0.3) is 0 Å². The van der Waals surface area contributed by atoms with E-state index < -0.39 is 17.0 Å². The van der Waals surface area contributed by atoms with Gasteiger partial charge >= 0.3 is 7.48 Å². The van der Waals surface area contributed by atoms with Crippen molar-refractivity contribution in [2.24, 2.45) is 0 Å². The predicted molar refractivity (Wildman–Crippen MR) is 134 cm³/mol. The van der Waals surface area contributed by atoms with Crippen LogP contribution in [0.15, 0.2) is 78.9 Å². The number of hydrogen-bond acceptors (Lipinski definition) is 5. The SMILES string of the molecule is CC(C)(O)C(C)(C)OBc1ccc(F)c(-c2nc(-c3ccccc3)nc(-c3ccccc3)n2)c1. The standard InChI is InChI=1S/C27H27BFN3O2/c1-26(2,33)27(3,4)34-28-20-15-16-22(29)21(17-20)25-31-23(18-11-7-5-8-12-18)30-24(32-25)19-13-9-6-10-14-19/h5-17,28,33H,1-4H3. The highest BCUT2D eigenvalue weighted by Crippen LogP contribution is 2.27. The topological polar surface area (TPSA) is 68.1 Å². The van der Waals surface area contributed by atoms with Crippen LogP contribution in [0.1, 0.15) is 27.7 Å². The third-order valence-electron chi connectivity index (χ3n) is 6.04. The second-order valence-corrected chi connectivity index (χ2v) is 9.21. The van der Waals surface area contributed by atoms with E-state index in [1.165, 1.54) is 6.07 Å². The molecule has 0 bridgehead atoms. The molecule has 7 heteroatoms. The molecule has 5 nitrogen and oxygen atoms in total. The van der Waals surface area contributed by atoms with Gasteiger partial charge in [-0.3, -0.25) is 0 Å². The average Bonchev–Trinajstić information content (AvgIpc) is 2.83. The van der Waals surface area contributed by atoms with Gasteiger partial charge < -0.3 is 9.76 Å². The molecule has 0 aliphatic carbocycles. The van der Waals surface area contributed by atoms with Crippen LogP contribution < -0.4 is 5.46 Å². The van der Waals surface area contributed by atoms with Crippen molar-refractivity contribution in [3.8, 4) is 34.2 Å². The number of rotatable bonds is 7. The molecule has 0 saturated carbocycles. The van der Waals surface area contributed by atoms with E-state index in [1.807, 2.05) is 74.5 Å². The molecule has 4 rings (SSSR count). The van der Waals surface area contributed by atoms with Gasteiger partial charge in [-0.25, -0.2) is 19.3 Å². The molecule has 0 unspecified atom stereocenters. The van der Waals surface area contributed by atoms with Crippen molar-refractivity contribution in [2.75, 3.05) is 0 Å². The molecule has 0 aliphatic heterocycles. The molecule has 172 valence electrons. The molecule has 0 spiro atoms.